The molecule has 3 rings (SSSR count). The molecule has 28 heavy (non-hydrogen) atoms. The van der Waals surface area contributed by atoms with Crippen molar-refractivity contribution in [3.05, 3.63) is 71.0 Å². The fourth-order valence-electron chi connectivity index (χ4n) is 3.12. The summed E-state index contributed by atoms with van der Waals surface area (Å²) in [6.07, 6.45) is -4.54. The summed E-state index contributed by atoms with van der Waals surface area (Å²) in [5.41, 5.74) is -0.267. The summed E-state index contributed by atoms with van der Waals surface area (Å²) in [6.45, 7) is -0.356. The lowest BCUT2D eigenvalue weighted by molar-refractivity contribution is -0.138. The molecular formula is C18H18F4N2O3S. The molecular weight excluding hydrogens is 400 g/mol. The lowest BCUT2D eigenvalue weighted by Gasteiger charge is -2.24. The average Bonchev–Trinajstić information content (AvgIpc) is 3.02. The number of hydroxylamine groups is 2. The van der Waals surface area contributed by atoms with Gasteiger partial charge in [0.1, 0.15) is 11.1 Å². The van der Waals surface area contributed by atoms with E-state index in [1.807, 2.05) is 0 Å². The van der Waals surface area contributed by atoms with Gasteiger partial charge in [-0.2, -0.15) is 18.2 Å². The van der Waals surface area contributed by atoms with Crippen LogP contribution in [0, 0.1) is 5.82 Å². The number of nitrogens with zero attached hydrogens (tertiary/aromatic N) is 1. The third-order valence-electron chi connectivity index (χ3n) is 4.51. The minimum absolute atomic E-state index is 0.143. The van der Waals surface area contributed by atoms with Crippen LogP contribution in [0.3, 0.4) is 0 Å². The van der Waals surface area contributed by atoms with Crippen molar-refractivity contribution in [2.24, 2.45) is 0 Å². The van der Waals surface area contributed by atoms with Crippen molar-refractivity contribution in [2.75, 3.05) is 13.7 Å². The number of alkyl halides is 3. The number of hydrogen-bond donors (Lipinski definition) is 1. The highest BCUT2D eigenvalue weighted by Gasteiger charge is 2.43. The molecule has 1 heterocycles. The zero-order valence-electron chi connectivity index (χ0n) is 14.8. The van der Waals surface area contributed by atoms with Gasteiger partial charge in [-0.15, -0.1) is 0 Å². The van der Waals surface area contributed by atoms with Gasteiger partial charge in [0.25, 0.3) is 0 Å². The van der Waals surface area contributed by atoms with Crippen LogP contribution in [0.5, 0.6) is 0 Å². The Morgan fingerprint density at radius 2 is 1.89 bits per heavy atom. The molecule has 152 valence electrons. The van der Waals surface area contributed by atoms with Crippen molar-refractivity contribution in [1.29, 1.82) is 0 Å². The van der Waals surface area contributed by atoms with E-state index in [1.165, 1.54) is 42.4 Å². The Morgan fingerprint density at radius 1 is 1.18 bits per heavy atom. The first-order chi connectivity index (χ1) is 13.1. The third-order valence-corrected chi connectivity index (χ3v) is 6.24. The van der Waals surface area contributed by atoms with Gasteiger partial charge in [-0.25, -0.2) is 17.5 Å². The molecule has 5 nitrogen and oxygen atoms in total. The van der Waals surface area contributed by atoms with E-state index < -0.39 is 38.9 Å². The molecule has 0 bridgehead atoms. The summed E-state index contributed by atoms with van der Waals surface area (Å²) in [5, 5.41) is 0.108. The molecule has 0 saturated carbocycles. The molecule has 2 atom stereocenters. The van der Waals surface area contributed by atoms with Crippen molar-refractivity contribution in [2.45, 2.75) is 24.0 Å². The van der Waals surface area contributed by atoms with Crippen molar-refractivity contribution in [3.8, 4) is 0 Å². The molecule has 2 aromatic carbocycles. The minimum atomic E-state index is -4.54. The second kappa shape index (κ2) is 7.78. The molecule has 2 aromatic rings. The molecule has 10 heteroatoms. The Hall–Kier alpha value is -2.01. The Balaban J connectivity index is 1.84. The van der Waals surface area contributed by atoms with E-state index >= 15 is 0 Å². The van der Waals surface area contributed by atoms with Crippen molar-refractivity contribution in [3.63, 3.8) is 0 Å². The molecule has 1 saturated heterocycles. The second-order valence-electron chi connectivity index (χ2n) is 6.44. The molecule has 1 aliphatic heterocycles. The number of hydrogen-bond acceptors (Lipinski definition) is 4. The average molecular weight is 418 g/mol. The quantitative estimate of drug-likeness (QED) is 0.758. The largest absolute Gasteiger partial charge is 0.416 e. The van der Waals surface area contributed by atoms with Crippen LogP contribution in [0.1, 0.15) is 22.7 Å². The Labute approximate surface area is 159 Å². The van der Waals surface area contributed by atoms with Gasteiger partial charge in [0, 0.05) is 13.6 Å². The maximum atomic E-state index is 13.3. The first-order valence-electron chi connectivity index (χ1n) is 8.34. The van der Waals surface area contributed by atoms with Crippen LogP contribution in [0.25, 0.3) is 0 Å². The number of sulfonamides is 1. The Kier molecular flexibility index (Phi) is 5.76. The summed E-state index contributed by atoms with van der Waals surface area (Å²) in [7, 11) is -2.50. The molecule has 0 aromatic heterocycles. The summed E-state index contributed by atoms with van der Waals surface area (Å²) in [5.74, 6) is -0.498. The van der Waals surface area contributed by atoms with E-state index in [0.717, 1.165) is 12.1 Å². The van der Waals surface area contributed by atoms with Crippen LogP contribution < -0.4 is 4.72 Å². The van der Waals surface area contributed by atoms with Crippen LogP contribution in [0.2, 0.25) is 0 Å². The normalized spacial score (nSPS) is 21.2. The van der Waals surface area contributed by atoms with Crippen molar-refractivity contribution >= 4 is 10.0 Å². The maximum absolute atomic E-state index is 13.3. The van der Waals surface area contributed by atoms with E-state index in [4.69, 9.17) is 4.84 Å². The zero-order valence-corrected chi connectivity index (χ0v) is 15.6. The summed E-state index contributed by atoms with van der Waals surface area (Å²) in [4.78, 5) is 5.29. The van der Waals surface area contributed by atoms with E-state index in [1.54, 1.807) is 6.07 Å². The molecule has 0 amide bonds. The highest BCUT2D eigenvalue weighted by atomic mass is 32.2. The molecule has 0 aliphatic carbocycles. The number of nitrogens with one attached hydrogen (secondary N) is 1. The van der Waals surface area contributed by atoms with Gasteiger partial charge in [-0.3, -0.25) is 4.84 Å². The van der Waals surface area contributed by atoms with Gasteiger partial charge >= 0.3 is 6.18 Å². The fraction of sp³-hybridized carbons (Fsp3) is 0.333. The SMILES string of the molecule is CN1OC[C@H](S(=O)(=O)NCc2cccc(F)c2)[C@@H]1c1cccc(C(F)(F)F)c1. The monoisotopic (exact) mass is 418 g/mol. The zero-order chi connectivity index (χ0) is 20.5. The topological polar surface area (TPSA) is 58.6 Å². The fourth-order valence-corrected chi connectivity index (χ4v) is 4.61. The number of halogens is 4. The Morgan fingerprint density at radius 3 is 2.57 bits per heavy atom. The van der Waals surface area contributed by atoms with E-state index in [-0.39, 0.29) is 18.7 Å². The summed E-state index contributed by atoms with van der Waals surface area (Å²) < 4.78 is 80.2. The van der Waals surface area contributed by atoms with E-state index in [0.29, 0.717) is 5.56 Å². The molecule has 0 spiro atoms. The lowest BCUT2D eigenvalue weighted by atomic mass is 10.0. The van der Waals surface area contributed by atoms with Gasteiger partial charge in [-0.1, -0.05) is 24.3 Å². The van der Waals surface area contributed by atoms with Crippen LogP contribution in [0.15, 0.2) is 48.5 Å². The third kappa shape index (κ3) is 4.52. The number of benzene rings is 2. The molecule has 1 fully saturated rings. The molecule has 1 N–H and O–H groups in total. The molecule has 0 radical (unpaired) electrons. The first-order valence-corrected chi connectivity index (χ1v) is 9.88. The Bertz CT molecular complexity index is 950. The van der Waals surface area contributed by atoms with Crippen LogP contribution in [-0.4, -0.2) is 32.4 Å². The van der Waals surface area contributed by atoms with Crippen molar-refractivity contribution in [1.82, 2.24) is 9.79 Å². The van der Waals surface area contributed by atoms with Gasteiger partial charge in [0.15, 0.2) is 0 Å². The predicted molar refractivity (Wildman–Crippen MR) is 93.8 cm³/mol. The van der Waals surface area contributed by atoms with Crippen molar-refractivity contribution < 1.29 is 30.8 Å². The standard InChI is InChI=1S/C18H18F4N2O3S/c1-24-17(13-5-3-6-14(9-13)18(20,21)22)16(11-27-24)28(25,26)23-10-12-4-2-7-15(19)8-12/h2-9,16-17,23H,10-11H2,1H3/t16-,17-/m0/s1. The maximum Gasteiger partial charge on any atom is 0.416 e. The first kappa shape index (κ1) is 20.7. The second-order valence-corrected chi connectivity index (χ2v) is 8.43. The predicted octanol–water partition coefficient (Wildman–Crippen LogP) is 3.25. The smallest absolute Gasteiger partial charge is 0.297 e. The summed E-state index contributed by atoms with van der Waals surface area (Å²) in [6, 6.07) is 9.03. The number of rotatable bonds is 5. The van der Waals surface area contributed by atoms with E-state index in [2.05, 4.69) is 4.72 Å². The van der Waals surface area contributed by atoms with Crippen LogP contribution >= 0.6 is 0 Å². The lowest BCUT2D eigenvalue weighted by Crippen LogP contribution is -2.39. The highest BCUT2D eigenvalue weighted by molar-refractivity contribution is 7.90. The van der Waals surface area contributed by atoms with E-state index in [9.17, 15) is 26.0 Å². The minimum Gasteiger partial charge on any atom is -0.297 e. The van der Waals surface area contributed by atoms with Gasteiger partial charge in [-0.05, 0) is 35.4 Å². The van der Waals surface area contributed by atoms with Crippen LogP contribution in [-0.2, 0) is 27.6 Å². The van der Waals surface area contributed by atoms with Gasteiger partial charge in [0.2, 0.25) is 10.0 Å². The van der Waals surface area contributed by atoms with Crippen LogP contribution in [0.4, 0.5) is 17.6 Å². The highest BCUT2D eigenvalue weighted by Crippen LogP contribution is 2.36. The summed E-state index contributed by atoms with van der Waals surface area (Å²) >= 11 is 0. The van der Waals surface area contributed by atoms with Gasteiger partial charge < -0.3 is 0 Å². The molecule has 0 unspecified atom stereocenters. The van der Waals surface area contributed by atoms with Gasteiger partial charge in [0.05, 0.1) is 18.2 Å². The molecule has 1 aliphatic rings.